The number of carbonyl (C=O) groups is 1. The summed E-state index contributed by atoms with van der Waals surface area (Å²) in [5.74, 6) is -0.961. The van der Waals surface area contributed by atoms with Crippen molar-refractivity contribution in [1.82, 2.24) is 10.3 Å². The van der Waals surface area contributed by atoms with E-state index in [0.29, 0.717) is 0 Å². The summed E-state index contributed by atoms with van der Waals surface area (Å²) >= 11 is 0. The van der Waals surface area contributed by atoms with Crippen molar-refractivity contribution >= 4 is 15.9 Å². The fourth-order valence-corrected chi connectivity index (χ4v) is 1.14. The van der Waals surface area contributed by atoms with Crippen LogP contribution in [0.2, 0.25) is 0 Å². The number of hydrazine groups is 1. The summed E-state index contributed by atoms with van der Waals surface area (Å²) < 4.78 is 20.5. The van der Waals surface area contributed by atoms with Crippen LogP contribution >= 0.6 is 0 Å². The number of rotatable bonds is 0. The van der Waals surface area contributed by atoms with E-state index < -0.39 is 21.7 Å². The molecule has 1 rings (SSSR count). The Morgan fingerprint density at radius 2 is 2.12 bits per heavy atom. The third-order valence-corrected chi connectivity index (χ3v) is 1.72. The summed E-state index contributed by atoms with van der Waals surface area (Å²) in [4.78, 5) is 11.9. The highest BCUT2D eigenvalue weighted by molar-refractivity contribution is 7.90. The van der Waals surface area contributed by atoms with E-state index in [1.165, 1.54) is 0 Å². The highest BCUT2D eigenvalue weighted by Crippen LogP contribution is 1.86. The van der Waals surface area contributed by atoms with E-state index in [4.69, 9.17) is 0 Å². The highest BCUT2D eigenvalue weighted by Gasteiger charge is 2.23. The molecule has 0 atom stereocenters. The van der Waals surface area contributed by atoms with Crippen molar-refractivity contribution in [3.05, 3.63) is 0 Å². The zero-order valence-corrected chi connectivity index (χ0v) is 4.66. The molecule has 1 aliphatic rings. The lowest BCUT2D eigenvalue weighted by molar-refractivity contribution is -0.118. The van der Waals surface area contributed by atoms with Crippen LogP contribution in [-0.4, -0.2) is 20.1 Å². The smallest absolute Gasteiger partial charge is 0.251 e. The van der Waals surface area contributed by atoms with E-state index >= 15 is 0 Å². The molecule has 0 aromatic carbocycles. The van der Waals surface area contributed by atoms with Gasteiger partial charge in [-0.3, -0.25) is 10.2 Å². The van der Waals surface area contributed by atoms with Gasteiger partial charge in [0, 0.05) is 0 Å². The largest absolute Gasteiger partial charge is 0.277 e. The SMILES string of the molecule is O=C1CS(=O)(=O)NN1. The molecule has 0 aromatic heterocycles. The molecule has 2 N–H and O–H groups in total. The Balaban J connectivity index is 2.86. The molecule has 8 heavy (non-hydrogen) atoms. The summed E-state index contributed by atoms with van der Waals surface area (Å²) in [5.41, 5.74) is 1.93. The molecule has 46 valence electrons. The number of carbonyl (C=O) groups excluding carboxylic acids is 1. The second-order valence-corrected chi connectivity index (χ2v) is 3.13. The van der Waals surface area contributed by atoms with Crippen LogP contribution in [-0.2, 0) is 14.8 Å². The van der Waals surface area contributed by atoms with Crippen molar-refractivity contribution in [2.75, 3.05) is 5.75 Å². The van der Waals surface area contributed by atoms with E-state index in [9.17, 15) is 13.2 Å². The van der Waals surface area contributed by atoms with Crippen molar-refractivity contribution in [1.29, 1.82) is 0 Å². The van der Waals surface area contributed by atoms with Gasteiger partial charge in [0.1, 0.15) is 5.75 Å². The Bertz CT molecular complexity index is 205. The van der Waals surface area contributed by atoms with Crippen molar-refractivity contribution < 1.29 is 13.2 Å². The van der Waals surface area contributed by atoms with Gasteiger partial charge in [-0.25, -0.2) is 8.42 Å². The molecular weight excluding hydrogens is 132 g/mol. The van der Waals surface area contributed by atoms with Gasteiger partial charge in [-0.2, -0.15) is 0 Å². The molecule has 1 saturated heterocycles. The molecule has 0 unspecified atom stereocenters. The molecular formula is C2H4N2O3S. The van der Waals surface area contributed by atoms with Crippen molar-refractivity contribution in [2.45, 2.75) is 0 Å². The van der Waals surface area contributed by atoms with Crippen LogP contribution in [0.1, 0.15) is 0 Å². The maximum Gasteiger partial charge on any atom is 0.251 e. The molecule has 0 saturated carbocycles. The fourth-order valence-electron chi connectivity index (χ4n) is 0.379. The minimum atomic E-state index is -3.31. The maximum atomic E-state index is 10.2. The average molecular weight is 136 g/mol. The molecule has 0 aromatic rings. The van der Waals surface area contributed by atoms with Crippen LogP contribution in [0.5, 0.6) is 0 Å². The zero-order chi connectivity index (χ0) is 6.20. The Morgan fingerprint density at radius 1 is 1.50 bits per heavy atom. The third kappa shape index (κ3) is 0.958. The zero-order valence-electron chi connectivity index (χ0n) is 3.84. The van der Waals surface area contributed by atoms with Crippen LogP contribution in [0.4, 0.5) is 0 Å². The molecule has 1 aliphatic heterocycles. The number of nitrogens with one attached hydrogen (secondary N) is 2. The first-order chi connectivity index (χ1) is 3.60. The van der Waals surface area contributed by atoms with Crippen LogP contribution < -0.4 is 10.3 Å². The lowest BCUT2D eigenvalue weighted by Crippen LogP contribution is -2.28. The minimum Gasteiger partial charge on any atom is -0.277 e. The molecule has 0 aliphatic carbocycles. The summed E-state index contributed by atoms with van der Waals surface area (Å²) in [5, 5.41) is 0. The molecule has 5 nitrogen and oxygen atoms in total. The van der Waals surface area contributed by atoms with Gasteiger partial charge < -0.3 is 0 Å². The van der Waals surface area contributed by atoms with Crippen molar-refractivity contribution in [3.8, 4) is 0 Å². The predicted molar refractivity (Wildman–Crippen MR) is 25.1 cm³/mol. The minimum absolute atomic E-state index is 0.451. The van der Waals surface area contributed by atoms with Gasteiger partial charge in [0.05, 0.1) is 0 Å². The Kier molecular flexibility index (Phi) is 0.983. The lowest BCUT2D eigenvalue weighted by atomic mass is 10.8. The van der Waals surface area contributed by atoms with Gasteiger partial charge in [0.15, 0.2) is 0 Å². The van der Waals surface area contributed by atoms with Crippen molar-refractivity contribution in [3.63, 3.8) is 0 Å². The van der Waals surface area contributed by atoms with E-state index in [0.717, 1.165) is 0 Å². The molecule has 1 fully saturated rings. The van der Waals surface area contributed by atoms with Crippen LogP contribution in [0.15, 0.2) is 0 Å². The Morgan fingerprint density at radius 3 is 2.25 bits per heavy atom. The number of hydrogen-bond acceptors (Lipinski definition) is 3. The van der Waals surface area contributed by atoms with Gasteiger partial charge in [0.2, 0.25) is 10.0 Å². The summed E-state index contributed by atoms with van der Waals surface area (Å²) in [6.45, 7) is 0. The molecule has 1 amide bonds. The topological polar surface area (TPSA) is 75.3 Å². The third-order valence-electron chi connectivity index (χ3n) is 0.667. The summed E-state index contributed by atoms with van der Waals surface area (Å²) in [7, 11) is -3.31. The summed E-state index contributed by atoms with van der Waals surface area (Å²) in [6, 6.07) is 0. The second kappa shape index (κ2) is 1.43. The van der Waals surface area contributed by atoms with Gasteiger partial charge in [-0.05, 0) is 0 Å². The maximum absolute atomic E-state index is 10.2. The predicted octanol–water partition coefficient (Wildman–Crippen LogP) is -2.05. The van der Waals surface area contributed by atoms with E-state index in [2.05, 4.69) is 0 Å². The number of sulfonamides is 1. The van der Waals surface area contributed by atoms with Gasteiger partial charge in [0.25, 0.3) is 5.91 Å². The number of amides is 1. The lowest BCUT2D eigenvalue weighted by Gasteiger charge is -1.84. The van der Waals surface area contributed by atoms with Crippen LogP contribution in [0.25, 0.3) is 0 Å². The first-order valence-corrected chi connectivity index (χ1v) is 3.54. The van der Waals surface area contributed by atoms with E-state index in [1.807, 2.05) is 10.3 Å². The standard InChI is InChI=1S/C2H4N2O3S/c5-2-1-8(6,7)4-3-2/h4H,1H2,(H,3,5). The van der Waals surface area contributed by atoms with Crippen LogP contribution in [0.3, 0.4) is 0 Å². The Hall–Kier alpha value is -0.620. The molecule has 0 radical (unpaired) electrons. The highest BCUT2D eigenvalue weighted by atomic mass is 32.2. The molecule has 0 bridgehead atoms. The quantitative estimate of drug-likeness (QED) is 0.402. The fraction of sp³-hybridized carbons (Fsp3) is 0.500. The van der Waals surface area contributed by atoms with Gasteiger partial charge >= 0.3 is 0 Å². The van der Waals surface area contributed by atoms with Crippen molar-refractivity contribution in [2.24, 2.45) is 0 Å². The monoisotopic (exact) mass is 136 g/mol. The van der Waals surface area contributed by atoms with Gasteiger partial charge in [-0.1, -0.05) is 0 Å². The van der Waals surface area contributed by atoms with Gasteiger partial charge in [-0.15, -0.1) is 4.83 Å². The first-order valence-electron chi connectivity index (χ1n) is 1.88. The molecule has 0 spiro atoms. The van der Waals surface area contributed by atoms with E-state index in [-0.39, 0.29) is 0 Å². The normalized spacial score (nSPS) is 25.2. The van der Waals surface area contributed by atoms with Crippen LogP contribution in [0, 0.1) is 0 Å². The number of hydrogen-bond donors (Lipinski definition) is 2. The van der Waals surface area contributed by atoms with E-state index in [1.54, 1.807) is 0 Å². The summed E-state index contributed by atoms with van der Waals surface area (Å²) in [6.07, 6.45) is 0. The molecule has 6 heteroatoms. The second-order valence-electron chi connectivity index (χ2n) is 1.41. The average Bonchev–Trinajstić information content (AvgIpc) is 1.82. The first kappa shape index (κ1) is 5.52. The molecule has 1 heterocycles. The Labute approximate surface area is 46.1 Å².